The Labute approximate surface area is 130 Å². The summed E-state index contributed by atoms with van der Waals surface area (Å²) in [5, 5.41) is 0. The van der Waals surface area contributed by atoms with Gasteiger partial charge in [0.05, 0.1) is 11.4 Å². The molecule has 0 spiro atoms. The molecule has 0 amide bonds. The normalized spacial score (nSPS) is 23.6. The minimum absolute atomic E-state index is 0.00170. The van der Waals surface area contributed by atoms with E-state index in [0.717, 1.165) is 31.6 Å². The smallest absolute Gasteiger partial charge is 0.250 e. The molecule has 2 fully saturated rings. The predicted octanol–water partition coefficient (Wildman–Crippen LogP) is 2.55. The minimum atomic E-state index is -2.46. The van der Waals surface area contributed by atoms with E-state index in [-0.39, 0.29) is 12.8 Å². The molecule has 4 N–H and O–H groups in total. The fraction of sp³-hybridized carbons (Fsp3) is 0.625. The molecule has 3 rings (SSSR count). The van der Waals surface area contributed by atoms with Crippen LogP contribution in [0.1, 0.15) is 25.7 Å². The van der Waals surface area contributed by atoms with Crippen molar-refractivity contribution in [1.29, 1.82) is 0 Å². The Balaban J connectivity index is 1.55. The van der Waals surface area contributed by atoms with Crippen LogP contribution in [-0.4, -0.2) is 43.0 Å². The van der Waals surface area contributed by atoms with E-state index in [2.05, 4.69) is 9.80 Å². The van der Waals surface area contributed by atoms with Crippen LogP contribution in [0.2, 0.25) is 0 Å². The van der Waals surface area contributed by atoms with Crippen molar-refractivity contribution in [3.63, 3.8) is 0 Å². The summed E-state index contributed by atoms with van der Waals surface area (Å²) >= 11 is 0. The van der Waals surface area contributed by atoms with Crippen molar-refractivity contribution >= 4 is 17.1 Å². The Hall–Kier alpha value is -1.56. The lowest BCUT2D eigenvalue weighted by Gasteiger charge is -2.42. The van der Waals surface area contributed by atoms with Gasteiger partial charge in [-0.15, -0.1) is 0 Å². The maximum atomic E-state index is 13.2. The third kappa shape index (κ3) is 3.27. The highest BCUT2D eigenvalue weighted by Gasteiger charge is 2.36. The van der Waals surface area contributed by atoms with Gasteiger partial charge in [-0.2, -0.15) is 0 Å². The van der Waals surface area contributed by atoms with Crippen molar-refractivity contribution in [2.24, 2.45) is 0 Å². The molecule has 6 heteroatoms. The number of benzene rings is 1. The lowest BCUT2D eigenvalue weighted by molar-refractivity contribution is -0.0646. The van der Waals surface area contributed by atoms with Crippen molar-refractivity contribution in [1.82, 2.24) is 4.90 Å². The first-order valence-corrected chi connectivity index (χ1v) is 7.96. The molecular weight excluding hydrogens is 286 g/mol. The zero-order valence-electron chi connectivity index (χ0n) is 12.8. The van der Waals surface area contributed by atoms with Crippen molar-refractivity contribution in [2.45, 2.75) is 37.6 Å². The van der Waals surface area contributed by atoms with Gasteiger partial charge in [-0.3, -0.25) is 4.90 Å². The number of halogens is 2. The van der Waals surface area contributed by atoms with Crippen LogP contribution >= 0.6 is 0 Å². The summed E-state index contributed by atoms with van der Waals surface area (Å²) in [5.74, 6) is -2.46. The van der Waals surface area contributed by atoms with Crippen LogP contribution < -0.4 is 16.4 Å². The first kappa shape index (κ1) is 15.3. The van der Waals surface area contributed by atoms with Crippen molar-refractivity contribution in [3.8, 4) is 0 Å². The topological polar surface area (TPSA) is 58.5 Å². The molecular formula is C16H24F2N4. The van der Waals surface area contributed by atoms with Crippen LogP contribution in [0.5, 0.6) is 0 Å². The van der Waals surface area contributed by atoms with Gasteiger partial charge in [0.25, 0.3) is 5.92 Å². The van der Waals surface area contributed by atoms with E-state index in [1.165, 1.54) is 0 Å². The predicted molar refractivity (Wildman–Crippen MR) is 86.3 cm³/mol. The van der Waals surface area contributed by atoms with Crippen LogP contribution in [-0.2, 0) is 0 Å². The standard InChI is InChI=1S/C16H24F2N4/c17-16(18)5-9-22(10-6-16)12-3-7-21(8-4-12)13-1-2-14(19)15(20)11-13/h1-2,11-12H,3-10,19-20H2. The van der Waals surface area contributed by atoms with E-state index in [0.29, 0.717) is 30.5 Å². The van der Waals surface area contributed by atoms with Gasteiger partial charge in [-0.1, -0.05) is 0 Å². The summed E-state index contributed by atoms with van der Waals surface area (Å²) in [7, 11) is 0. The van der Waals surface area contributed by atoms with Gasteiger partial charge in [-0.25, -0.2) is 8.78 Å². The van der Waals surface area contributed by atoms with Gasteiger partial charge in [-0.05, 0) is 31.0 Å². The van der Waals surface area contributed by atoms with Gasteiger partial charge < -0.3 is 16.4 Å². The van der Waals surface area contributed by atoms with E-state index < -0.39 is 5.92 Å². The third-order valence-corrected chi connectivity index (χ3v) is 4.95. The summed E-state index contributed by atoms with van der Waals surface area (Å²) in [6.07, 6.45) is 2.02. The monoisotopic (exact) mass is 310 g/mol. The molecule has 0 bridgehead atoms. The SMILES string of the molecule is Nc1ccc(N2CCC(N3CCC(F)(F)CC3)CC2)cc1N. The number of nitrogens with two attached hydrogens (primary N) is 2. The first-order valence-electron chi connectivity index (χ1n) is 7.96. The Morgan fingerprint density at radius 3 is 2.18 bits per heavy atom. The molecule has 1 aromatic carbocycles. The molecule has 2 saturated heterocycles. The Bertz CT molecular complexity index is 517. The number of piperidine rings is 2. The van der Waals surface area contributed by atoms with E-state index in [1.54, 1.807) is 0 Å². The van der Waals surface area contributed by atoms with Gasteiger partial charge >= 0.3 is 0 Å². The van der Waals surface area contributed by atoms with Crippen molar-refractivity contribution < 1.29 is 8.78 Å². The van der Waals surface area contributed by atoms with Crippen LogP contribution in [0.25, 0.3) is 0 Å². The lowest BCUT2D eigenvalue weighted by atomic mass is 9.98. The number of nitrogen functional groups attached to an aromatic ring is 2. The summed E-state index contributed by atoms with van der Waals surface area (Å²) in [5.41, 5.74) is 13.9. The van der Waals surface area contributed by atoms with Crippen molar-refractivity contribution in [2.75, 3.05) is 42.5 Å². The average molecular weight is 310 g/mol. The molecule has 0 radical (unpaired) electrons. The highest BCUT2D eigenvalue weighted by molar-refractivity contribution is 5.69. The minimum Gasteiger partial charge on any atom is -0.397 e. The molecule has 4 nitrogen and oxygen atoms in total. The number of nitrogens with zero attached hydrogens (tertiary/aromatic N) is 2. The molecule has 2 aliphatic rings. The summed E-state index contributed by atoms with van der Waals surface area (Å²) in [6.45, 7) is 2.90. The van der Waals surface area contributed by atoms with Gasteiger partial charge in [0.1, 0.15) is 0 Å². The molecule has 2 heterocycles. The average Bonchev–Trinajstić information content (AvgIpc) is 2.50. The lowest BCUT2D eigenvalue weighted by Crippen LogP contribution is -2.49. The Kier molecular flexibility index (Phi) is 4.12. The molecule has 0 aliphatic carbocycles. The summed E-state index contributed by atoms with van der Waals surface area (Å²) in [6, 6.07) is 6.17. The molecule has 2 aliphatic heterocycles. The summed E-state index contributed by atoms with van der Waals surface area (Å²) in [4.78, 5) is 4.54. The number of likely N-dealkylation sites (tertiary alicyclic amines) is 1. The fourth-order valence-electron chi connectivity index (χ4n) is 3.46. The number of rotatable bonds is 2. The number of alkyl halides is 2. The molecule has 0 atom stereocenters. The fourth-order valence-corrected chi connectivity index (χ4v) is 3.46. The van der Waals surface area contributed by atoms with E-state index in [9.17, 15) is 8.78 Å². The third-order valence-electron chi connectivity index (χ3n) is 4.95. The van der Waals surface area contributed by atoms with E-state index >= 15 is 0 Å². The molecule has 122 valence electrons. The van der Waals surface area contributed by atoms with Crippen molar-refractivity contribution in [3.05, 3.63) is 18.2 Å². The van der Waals surface area contributed by atoms with Crippen LogP contribution in [0.4, 0.5) is 25.8 Å². The molecule has 0 aromatic heterocycles. The van der Waals surface area contributed by atoms with Crippen LogP contribution in [0, 0.1) is 0 Å². The Morgan fingerprint density at radius 1 is 0.955 bits per heavy atom. The molecule has 0 saturated carbocycles. The molecule has 1 aromatic rings. The molecule has 22 heavy (non-hydrogen) atoms. The maximum absolute atomic E-state index is 13.2. The Morgan fingerprint density at radius 2 is 1.59 bits per heavy atom. The number of anilines is 3. The molecule has 0 unspecified atom stereocenters. The van der Waals surface area contributed by atoms with E-state index in [1.807, 2.05) is 18.2 Å². The largest absolute Gasteiger partial charge is 0.397 e. The van der Waals surface area contributed by atoms with Gasteiger partial charge in [0.2, 0.25) is 0 Å². The second-order valence-electron chi connectivity index (χ2n) is 6.42. The quantitative estimate of drug-likeness (QED) is 0.824. The highest BCUT2D eigenvalue weighted by Crippen LogP contribution is 2.32. The second kappa shape index (κ2) is 5.91. The zero-order chi connectivity index (χ0) is 15.7. The van der Waals surface area contributed by atoms with E-state index in [4.69, 9.17) is 11.5 Å². The first-order chi connectivity index (χ1) is 10.4. The van der Waals surface area contributed by atoms with Gasteiger partial charge in [0.15, 0.2) is 0 Å². The number of hydrogen-bond acceptors (Lipinski definition) is 4. The van der Waals surface area contributed by atoms with Crippen LogP contribution in [0.15, 0.2) is 18.2 Å². The highest BCUT2D eigenvalue weighted by atomic mass is 19.3. The number of hydrogen-bond donors (Lipinski definition) is 2. The zero-order valence-corrected chi connectivity index (χ0v) is 12.8. The van der Waals surface area contributed by atoms with Gasteiger partial charge in [0, 0.05) is 50.7 Å². The van der Waals surface area contributed by atoms with Crippen LogP contribution in [0.3, 0.4) is 0 Å². The second-order valence-corrected chi connectivity index (χ2v) is 6.42. The summed E-state index contributed by atoms with van der Waals surface area (Å²) < 4.78 is 26.5. The maximum Gasteiger partial charge on any atom is 0.250 e.